The molecule has 1 aromatic heterocycles. The van der Waals surface area contributed by atoms with Crippen LogP contribution in [0.15, 0.2) is 36.9 Å². The number of allylic oxidation sites excluding steroid dienone is 2. The molecule has 0 aliphatic heterocycles. The van der Waals surface area contributed by atoms with Crippen molar-refractivity contribution in [3.05, 3.63) is 48.3 Å². The van der Waals surface area contributed by atoms with Gasteiger partial charge in [-0.1, -0.05) is 24.8 Å². The Morgan fingerprint density at radius 2 is 1.80 bits per heavy atom. The molecule has 72 valence electrons. The Bertz CT molecular complexity index is 582. The van der Waals surface area contributed by atoms with Crippen molar-refractivity contribution in [3.63, 3.8) is 0 Å². The van der Waals surface area contributed by atoms with Gasteiger partial charge in [0.2, 0.25) is 0 Å². The molecule has 1 aromatic carbocycles. The van der Waals surface area contributed by atoms with Gasteiger partial charge in [-0.05, 0) is 30.2 Å². The van der Waals surface area contributed by atoms with E-state index >= 15 is 0 Å². The summed E-state index contributed by atoms with van der Waals surface area (Å²) >= 11 is 0. The predicted molar refractivity (Wildman–Crippen MR) is 62.2 cm³/mol. The van der Waals surface area contributed by atoms with Crippen molar-refractivity contribution in [2.75, 3.05) is 0 Å². The van der Waals surface area contributed by atoms with Gasteiger partial charge < -0.3 is 0 Å². The van der Waals surface area contributed by atoms with E-state index < -0.39 is 0 Å². The van der Waals surface area contributed by atoms with Gasteiger partial charge in [0.1, 0.15) is 0 Å². The molecule has 1 heterocycles. The summed E-state index contributed by atoms with van der Waals surface area (Å²) in [5.41, 5.74) is 4.80. The van der Waals surface area contributed by atoms with Gasteiger partial charge in [0.25, 0.3) is 0 Å². The fourth-order valence-corrected chi connectivity index (χ4v) is 1.80. The van der Waals surface area contributed by atoms with Gasteiger partial charge in [0.15, 0.2) is 0 Å². The molecule has 0 saturated heterocycles. The number of nitrogens with zero attached hydrogens (tertiary/aromatic N) is 2. The normalized spacial score (nSPS) is 14.3. The van der Waals surface area contributed by atoms with Gasteiger partial charge in [-0.2, -0.15) is 0 Å². The molecule has 1 aliphatic rings. The van der Waals surface area contributed by atoms with Gasteiger partial charge in [-0.3, -0.25) is 0 Å². The summed E-state index contributed by atoms with van der Waals surface area (Å²) in [6.07, 6.45) is 4.97. The number of aromatic nitrogens is 2. The monoisotopic (exact) mass is 194 g/mol. The Morgan fingerprint density at radius 3 is 2.60 bits per heavy atom. The maximum absolute atomic E-state index is 4.58. The smallest absolute Gasteiger partial charge is 0.0923 e. The highest BCUT2D eigenvalue weighted by Gasteiger charge is 2.11. The third kappa shape index (κ3) is 1.26. The maximum Gasteiger partial charge on any atom is 0.0923 e. The fourth-order valence-electron chi connectivity index (χ4n) is 1.80. The summed E-state index contributed by atoms with van der Waals surface area (Å²) in [6, 6.07) is 7.91. The van der Waals surface area contributed by atoms with Crippen LogP contribution in [0.3, 0.4) is 0 Å². The molecule has 0 spiro atoms. The van der Waals surface area contributed by atoms with Crippen molar-refractivity contribution >= 4 is 22.7 Å². The molecule has 1 aliphatic carbocycles. The highest BCUT2D eigenvalue weighted by molar-refractivity contribution is 5.82. The number of hydrogen-bond acceptors (Lipinski definition) is 2. The second-order valence-corrected chi connectivity index (χ2v) is 3.66. The lowest BCUT2D eigenvalue weighted by atomic mass is 10.0. The molecule has 2 aromatic rings. The number of para-hydroxylation sites is 2. The third-order valence-electron chi connectivity index (χ3n) is 2.57. The van der Waals surface area contributed by atoms with Crippen LogP contribution in [0.1, 0.15) is 17.8 Å². The van der Waals surface area contributed by atoms with Crippen molar-refractivity contribution in [3.8, 4) is 0 Å². The van der Waals surface area contributed by atoms with E-state index in [-0.39, 0.29) is 0 Å². The molecule has 0 bridgehead atoms. The molecule has 0 N–H and O–H groups in total. The maximum atomic E-state index is 4.58. The minimum absolute atomic E-state index is 0.875. The largest absolute Gasteiger partial charge is 0.245 e. The second-order valence-electron chi connectivity index (χ2n) is 3.66. The zero-order chi connectivity index (χ0) is 10.3. The number of rotatable bonds is 0. The Balaban J connectivity index is 2.38. The second kappa shape index (κ2) is 3.02. The molecule has 2 nitrogen and oxygen atoms in total. The molecule has 3 rings (SSSR count). The first-order chi connectivity index (χ1) is 7.34. The standard InChI is InChI=1S/C13H10N2/c1-9-5-4-8-12-13(9)15-11-7-3-2-6-10(11)14-12/h2-4,6-8H,1,5H2. The summed E-state index contributed by atoms with van der Waals surface area (Å²) in [7, 11) is 0. The summed E-state index contributed by atoms with van der Waals surface area (Å²) in [5, 5.41) is 0. The topological polar surface area (TPSA) is 25.8 Å². The van der Waals surface area contributed by atoms with Crippen LogP contribution in [0.25, 0.3) is 22.7 Å². The summed E-state index contributed by atoms with van der Waals surface area (Å²) in [4.78, 5) is 9.14. The van der Waals surface area contributed by atoms with E-state index in [1.807, 2.05) is 30.3 Å². The van der Waals surface area contributed by atoms with E-state index in [2.05, 4.69) is 22.6 Å². The molecular formula is C13H10N2. The van der Waals surface area contributed by atoms with Crippen molar-refractivity contribution in [1.82, 2.24) is 9.97 Å². The molecule has 15 heavy (non-hydrogen) atoms. The number of fused-ring (bicyclic) bond motifs is 2. The fraction of sp³-hybridized carbons (Fsp3) is 0.0769. The quantitative estimate of drug-likeness (QED) is 0.644. The van der Waals surface area contributed by atoms with Crippen molar-refractivity contribution < 1.29 is 0 Å². The molecule has 0 fully saturated rings. The van der Waals surface area contributed by atoms with Crippen molar-refractivity contribution in [2.45, 2.75) is 6.42 Å². The zero-order valence-electron chi connectivity index (χ0n) is 8.27. The van der Waals surface area contributed by atoms with Gasteiger partial charge in [-0.15, -0.1) is 0 Å². The minimum Gasteiger partial charge on any atom is -0.245 e. The lowest BCUT2D eigenvalue weighted by Gasteiger charge is -2.11. The van der Waals surface area contributed by atoms with Crippen LogP contribution >= 0.6 is 0 Å². The van der Waals surface area contributed by atoms with Crippen LogP contribution in [0, 0.1) is 0 Å². The van der Waals surface area contributed by atoms with Crippen LogP contribution in [-0.2, 0) is 0 Å². The number of hydrogen-bond donors (Lipinski definition) is 0. The predicted octanol–water partition coefficient (Wildman–Crippen LogP) is 3.06. The lowest BCUT2D eigenvalue weighted by Crippen LogP contribution is -2.00. The Hall–Kier alpha value is -1.96. The molecular weight excluding hydrogens is 184 g/mol. The van der Waals surface area contributed by atoms with Crippen LogP contribution < -0.4 is 0 Å². The van der Waals surface area contributed by atoms with Crippen LogP contribution in [0.5, 0.6) is 0 Å². The highest BCUT2D eigenvalue weighted by atomic mass is 14.8. The minimum atomic E-state index is 0.875. The third-order valence-corrected chi connectivity index (χ3v) is 2.57. The van der Waals surface area contributed by atoms with Gasteiger partial charge in [-0.25, -0.2) is 9.97 Å². The average Bonchev–Trinajstić information content (AvgIpc) is 2.27. The molecule has 0 amide bonds. The first-order valence-electron chi connectivity index (χ1n) is 4.96. The van der Waals surface area contributed by atoms with Crippen LogP contribution in [0.4, 0.5) is 0 Å². The summed E-state index contributed by atoms with van der Waals surface area (Å²) < 4.78 is 0. The Morgan fingerprint density at radius 1 is 1.07 bits per heavy atom. The number of benzene rings is 1. The summed E-state index contributed by atoms with van der Waals surface area (Å²) in [6.45, 7) is 4.01. The highest BCUT2D eigenvalue weighted by Crippen LogP contribution is 2.25. The Labute approximate surface area is 88.0 Å². The molecule has 0 saturated carbocycles. The molecule has 0 unspecified atom stereocenters. The van der Waals surface area contributed by atoms with Crippen LogP contribution in [0.2, 0.25) is 0 Å². The van der Waals surface area contributed by atoms with E-state index in [9.17, 15) is 0 Å². The Kier molecular flexibility index (Phi) is 1.68. The molecule has 0 radical (unpaired) electrons. The van der Waals surface area contributed by atoms with Crippen LogP contribution in [-0.4, -0.2) is 9.97 Å². The van der Waals surface area contributed by atoms with Crippen molar-refractivity contribution in [1.29, 1.82) is 0 Å². The first-order valence-corrected chi connectivity index (χ1v) is 4.96. The SMILES string of the molecule is C=C1CC=Cc2nc3ccccc3nc21. The summed E-state index contributed by atoms with van der Waals surface area (Å²) in [5.74, 6) is 0. The molecule has 2 heteroatoms. The van der Waals surface area contributed by atoms with Crippen molar-refractivity contribution in [2.24, 2.45) is 0 Å². The molecule has 0 atom stereocenters. The average molecular weight is 194 g/mol. The van der Waals surface area contributed by atoms with E-state index in [0.29, 0.717) is 0 Å². The van der Waals surface area contributed by atoms with Gasteiger partial charge in [0.05, 0.1) is 22.4 Å². The van der Waals surface area contributed by atoms with E-state index in [0.717, 1.165) is 34.4 Å². The first kappa shape index (κ1) is 8.36. The van der Waals surface area contributed by atoms with Gasteiger partial charge >= 0.3 is 0 Å². The van der Waals surface area contributed by atoms with E-state index in [1.54, 1.807) is 0 Å². The van der Waals surface area contributed by atoms with E-state index in [1.165, 1.54) is 0 Å². The zero-order valence-corrected chi connectivity index (χ0v) is 8.27. The lowest BCUT2D eigenvalue weighted by molar-refractivity contribution is 1.18. The van der Waals surface area contributed by atoms with E-state index in [4.69, 9.17) is 0 Å². The van der Waals surface area contributed by atoms with Gasteiger partial charge in [0, 0.05) is 0 Å².